The van der Waals surface area contributed by atoms with Crippen molar-refractivity contribution in [2.24, 2.45) is 29.6 Å². The zero-order valence-electron chi connectivity index (χ0n) is 17.6. The zero-order chi connectivity index (χ0) is 19.8. The van der Waals surface area contributed by atoms with E-state index in [0.717, 1.165) is 38.2 Å². The van der Waals surface area contributed by atoms with E-state index < -0.39 is 0 Å². The number of ether oxygens (including phenoxy) is 3. The Balaban J connectivity index is 1.64. The molecule has 2 aliphatic rings. The molecule has 0 radical (unpaired) electrons. The van der Waals surface area contributed by atoms with Crippen molar-refractivity contribution in [2.45, 2.75) is 78.7 Å². The molecule has 0 aromatic rings. The third kappa shape index (κ3) is 7.81. The second-order valence-corrected chi connectivity index (χ2v) is 9.01. The van der Waals surface area contributed by atoms with Gasteiger partial charge in [0.15, 0.2) is 0 Å². The second kappa shape index (κ2) is 11.0. The zero-order valence-corrected chi connectivity index (χ0v) is 17.6. The summed E-state index contributed by atoms with van der Waals surface area (Å²) in [5, 5.41) is 0. The highest BCUT2D eigenvalue weighted by atomic mass is 16.5. The highest BCUT2D eigenvalue weighted by Gasteiger charge is 2.26. The summed E-state index contributed by atoms with van der Waals surface area (Å²) in [6, 6.07) is 0. The quantitative estimate of drug-likeness (QED) is 0.583. The Bertz CT molecular complexity index is 435. The molecule has 1 saturated carbocycles. The molecule has 0 spiro atoms. The molecule has 1 saturated heterocycles. The Hall–Kier alpha value is -1.10. The smallest absolute Gasteiger partial charge is 0.308 e. The van der Waals surface area contributed by atoms with E-state index in [1.165, 1.54) is 12.8 Å². The van der Waals surface area contributed by atoms with Gasteiger partial charge in [-0.1, -0.05) is 33.6 Å². The fourth-order valence-electron chi connectivity index (χ4n) is 4.36. The number of carbonyl (C=O) groups excluding carboxylic acids is 2. The van der Waals surface area contributed by atoms with Crippen molar-refractivity contribution < 1.29 is 23.8 Å². The number of esters is 2. The molecule has 6 unspecified atom stereocenters. The summed E-state index contributed by atoms with van der Waals surface area (Å²) in [5.74, 6) is 0.630. The fraction of sp³-hybridized carbons (Fsp3) is 0.909. The van der Waals surface area contributed by atoms with Gasteiger partial charge in [0.1, 0.15) is 0 Å². The molecule has 5 nitrogen and oxygen atoms in total. The molecule has 0 N–H and O–H groups in total. The number of carbonyl (C=O) groups is 2. The van der Waals surface area contributed by atoms with Gasteiger partial charge >= 0.3 is 11.9 Å². The molecule has 0 aromatic carbocycles. The minimum absolute atomic E-state index is 0.189. The molecule has 5 heteroatoms. The van der Waals surface area contributed by atoms with Gasteiger partial charge in [-0.15, -0.1) is 0 Å². The standard InChI is InChI=1S/C22H38O5/c1-15-6-5-7-19(10-15)13-26-21(23)16(2)11-17(3)22(24)27-14-20-8-9-25-18(4)12-20/h15-20H,5-14H2,1-4H3. The monoisotopic (exact) mass is 382 g/mol. The molecule has 156 valence electrons. The Kier molecular flexibility index (Phi) is 9.07. The third-order valence-electron chi connectivity index (χ3n) is 6.07. The summed E-state index contributed by atoms with van der Waals surface area (Å²) in [6.45, 7) is 9.71. The van der Waals surface area contributed by atoms with Gasteiger partial charge in [-0.3, -0.25) is 9.59 Å². The predicted molar refractivity (Wildman–Crippen MR) is 104 cm³/mol. The van der Waals surface area contributed by atoms with E-state index in [9.17, 15) is 9.59 Å². The van der Waals surface area contributed by atoms with Crippen LogP contribution in [0.4, 0.5) is 0 Å². The lowest BCUT2D eigenvalue weighted by atomic mass is 9.83. The van der Waals surface area contributed by atoms with Crippen molar-refractivity contribution in [3.63, 3.8) is 0 Å². The first kappa shape index (κ1) is 22.2. The molecular weight excluding hydrogens is 344 g/mol. The highest BCUT2D eigenvalue weighted by Crippen LogP contribution is 2.29. The first-order valence-corrected chi connectivity index (χ1v) is 10.8. The minimum Gasteiger partial charge on any atom is -0.465 e. The highest BCUT2D eigenvalue weighted by molar-refractivity contribution is 5.75. The molecule has 1 aliphatic carbocycles. The maximum Gasteiger partial charge on any atom is 0.308 e. The summed E-state index contributed by atoms with van der Waals surface area (Å²) in [6.07, 6.45) is 7.40. The normalized spacial score (nSPS) is 31.0. The van der Waals surface area contributed by atoms with Gasteiger partial charge in [-0.25, -0.2) is 0 Å². The van der Waals surface area contributed by atoms with Crippen LogP contribution in [0, 0.1) is 29.6 Å². The van der Waals surface area contributed by atoms with Crippen molar-refractivity contribution in [1.82, 2.24) is 0 Å². The second-order valence-electron chi connectivity index (χ2n) is 9.01. The summed E-state index contributed by atoms with van der Waals surface area (Å²) in [7, 11) is 0. The van der Waals surface area contributed by atoms with E-state index in [1.807, 2.05) is 13.8 Å². The van der Waals surface area contributed by atoms with E-state index in [1.54, 1.807) is 0 Å². The van der Waals surface area contributed by atoms with Crippen LogP contribution in [-0.2, 0) is 23.8 Å². The van der Waals surface area contributed by atoms with Crippen LogP contribution < -0.4 is 0 Å². The van der Waals surface area contributed by atoms with Crippen LogP contribution in [0.1, 0.15) is 72.6 Å². The predicted octanol–water partition coefficient (Wildman–Crippen LogP) is 4.38. The molecule has 0 amide bonds. The van der Waals surface area contributed by atoms with Crippen LogP contribution in [-0.4, -0.2) is 37.9 Å². The van der Waals surface area contributed by atoms with Gasteiger partial charge in [0.25, 0.3) is 0 Å². The van der Waals surface area contributed by atoms with Gasteiger partial charge < -0.3 is 14.2 Å². The summed E-state index contributed by atoms with van der Waals surface area (Å²) >= 11 is 0. The van der Waals surface area contributed by atoms with E-state index >= 15 is 0 Å². The third-order valence-corrected chi connectivity index (χ3v) is 6.07. The van der Waals surface area contributed by atoms with Crippen LogP contribution in [0.2, 0.25) is 0 Å². The van der Waals surface area contributed by atoms with Gasteiger partial charge in [-0.05, 0) is 56.8 Å². The maximum absolute atomic E-state index is 12.3. The maximum atomic E-state index is 12.3. The number of hydrogen-bond acceptors (Lipinski definition) is 5. The molecule has 0 aromatic heterocycles. The Morgan fingerprint density at radius 3 is 2.07 bits per heavy atom. The van der Waals surface area contributed by atoms with Crippen LogP contribution in [0.3, 0.4) is 0 Å². The molecule has 27 heavy (non-hydrogen) atoms. The molecular formula is C22H38O5. The Labute approximate surface area is 164 Å². The van der Waals surface area contributed by atoms with E-state index in [0.29, 0.717) is 31.5 Å². The SMILES string of the molecule is CC1CCCC(COC(=O)C(C)CC(C)C(=O)OCC2CCOC(C)C2)C1. The topological polar surface area (TPSA) is 61.8 Å². The Morgan fingerprint density at radius 2 is 1.52 bits per heavy atom. The van der Waals surface area contributed by atoms with E-state index in [4.69, 9.17) is 14.2 Å². The lowest BCUT2D eigenvalue weighted by Gasteiger charge is -2.27. The first-order chi connectivity index (χ1) is 12.8. The summed E-state index contributed by atoms with van der Waals surface area (Å²) < 4.78 is 16.5. The van der Waals surface area contributed by atoms with Crippen molar-refractivity contribution in [3.8, 4) is 0 Å². The van der Waals surface area contributed by atoms with Crippen molar-refractivity contribution in [3.05, 3.63) is 0 Å². The molecule has 2 fully saturated rings. The van der Waals surface area contributed by atoms with Crippen molar-refractivity contribution in [1.29, 1.82) is 0 Å². The van der Waals surface area contributed by atoms with Gasteiger partial charge in [0, 0.05) is 6.61 Å². The van der Waals surface area contributed by atoms with Gasteiger partial charge in [0.2, 0.25) is 0 Å². The Morgan fingerprint density at radius 1 is 0.926 bits per heavy atom. The van der Waals surface area contributed by atoms with Crippen molar-refractivity contribution >= 4 is 11.9 Å². The minimum atomic E-state index is -0.292. The fourth-order valence-corrected chi connectivity index (χ4v) is 4.36. The molecule has 6 atom stereocenters. The first-order valence-electron chi connectivity index (χ1n) is 10.8. The van der Waals surface area contributed by atoms with Crippen molar-refractivity contribution in [2.75, 3.05) is 19.8 Å². The summed E-state index contributed by atoms with van der Waals surface area (Å²) in [4.78, 5) is 24.5. The van der Waals surface area contributed by atoms with Crippen LogP contribution in [0.25, 0.3) is 0 Å². The molecule has 1 aliphatic heterocycles. The molecule has 0 bridgehead atoms. The lowest BCUT2D eigenvalue weighted by Crippen LogP contribution is -2.29. The van der Waals surface area contributed by atoms with Crippen LogP contribution in [0.15, 0.2) is 0 Å². The lowest BCUT2D eigenvalue weighted by molar-refractivity contribution is -0.154. The number of hydrogen-bond donors (Lipinski definition) is 0. The molecule has 1 heterocycles. The average molecular weight is 383 g/mol. The largest absolute Gasteiger partial charge is 0.465 e. The van der Waals surface area contributed by atoms with Gasteiger partial charge in [-0.2, -0.15) is 0 Å². The van der Waals surface area contributed by atoms with E-state index in [-0.39, 0.29) is 29.9 Å². The number of rotatable bonds is 8. The van der Waals surface area contributed by atoms with Crippen LogP contribution in [0.5, 0.6) is 0 Å². The molecule has 2 rings (SSSR count). The average Bonchev–Trinajstić information content (AvgIpc) is 2.64. The van der Waals surface area contributed by atoms with Gasteiger partial charge in [0.05, 0.1) is 31.2 Å². The van der Waals surface area contributed by atoms with E-state index in [2.05, 4.69) is 13.8 Å². The summed E-state index contributed by atoms with van der Waals surface area (Å²) in [5.41, 5.74) is 0. The van der Waals surface area contributed by atoms with Crippen LogP contribution >= 0.6 is 0 Å².